The van der Waals surface area contributed by atoms with Gasteiger partial charge in [-0.25, -0.2) is 9.00 Å². The molecule has 1 atom stereocenters. The second-order valence-corrected chi connectivity index (χ2v) is 5.00. The summed E-state index contributed by atoms with van der Waals surface area (Å²) in [7, 11) is -3.02. The maximum atomic E-state index is 12.9. The van der Waals surface area contributed by atoms with Gasteiger partial charge in [0.25, 0.3) is 0 Å². The van der Waals surface area contributed by atoms with Gasteiger partial charge in [-0.15, -0.1) is 0 Å². The number of hydrogen-bond acceptors (Lipinski definition) is 2. The Morgan fingerprint density at radius 1 is 1.31 bits per heavy atom. The molecular formula is C8H4Cl2F2O3S. The van der Waals surface area contributed by atoms with Crippen LogP contribution in [0.1, 0.15) is 0 Å². The molecule has 1 aromatic rings. The number of carboxylic acid groups (broad SMARTS) is 1. The highest BCUT2D eigenvalue weighted by Crippen LogP contribution is 2.29. The normalized spacial score (nSPS) is 13.5. The summed E-state index contributed by atoms with van der Waals surface area (Å²) in [5.74, 6) is -2.46. The van der Waals surface area contributed by atoms with Gasteiger partial charge in [-0.05, 0) is 18.2 Å². The lowest BCUT2D eigenvalue weighted by atomic mass is 10.4. The third-order valence-corrected chi connectivity index (χ3v) is 3.65. The quantitative estimate of drug-likeness (QED) is 0.930. The monoisotopic (exact) mass is 288 g/mol. The molecule has 16 heavy (non-hydrogen) atoms. The van der Waals surface area contributed by atoms with Crippen molar-refractivity contribution in [1.82, 2.24) is 0 Å². The van der Waals surface area contributed by atoms with Crippen molar-refractivity contribution < 1.29 is 22.9 Å². The van der Waals surface area contributed by atoms with Crippen molar-refractivity contribution in [3.63, 3.8) is 0 Å². The standard InChI is InChI=1S/C8H4Cl2F2O3S/c9-5-2-1-4(3-6(5)10)16(15)8(11,12)7(13)14/h1-3H,(H,13,14). The zero-order valence-electron chi connectivity index (χ0n) is 7.42. The lowest BCUT2D eigenvalue weighted by Crippen LogP contribution is -2.33. The predicted octanol–water partition coefficient (Wildman–Crippen LogP) is 2.78. The first-order valence-electron chi connectivity index (χ1n) is 3.75. The first-order valence-corrected chi connectivity index (χ1v) is 5.65. The van der Waals surface area contributed by atoms with E-state index in [-0.39, 0.29) is 10.0 Å². The minimum Gasteiger partial charge on any atom is -0.476 e. The Morgan fingerprint density at radius 2 is 1.88 bits per heavy atom. The molecule has 0 aliphatic carbocycles. The van der Waals surface area contributed by atoms with Crippen LogP contribution in [0, 0.1) is 0 Å². The fourth-order valence-electron chi connectivity index (χ4n) is 0.819. The lowest BCUT2D eigenvalue weighted by molar-refractivity contribution is -0.153. The van der Waals surface area contributed by atoms with Crippen molar-refractivity contribution in [3.8, 4) is 0 Å². The Kier molecular flexibility index (Phi) is 3.88. The van der Waals surface area contributed by atoms with Crippen molar-refractivity contribution in [3.05, 3.63) is 28.2 Å². The summed E-state index contributed by atoms with van der Waals surface area (Å²) in [6.07, 6.45) is 0. The average Bonchev–Trinajstić information content (AvgIpc) is 2.20. The molecule has 0 aromatic heterocycles. The van der Waals surface area contributed by atoms with Crippen molar-refractivity contribution in [2.75, 3.05) is 0 Å². The van der Waals surface area contributed by atoms with Crippen molar-refractivity contribution >= 4 is 40.0 Å². The smallest absolute Gasteiger partial charge is 0.419 e. The molecule has 0 bridgehead atoms. The Morgan fingerprint density at radius 3 is 2.31 bits per heavy atom. The highest BCUT2D eigenvalue weighted by Gasteiger charge is 2.46. The minimum absolute atomic E-state index is 0.0753. The van der Waals surface area contributed by atoms with Crippen LogP contribution < -0.4 is 0 Å². The summed E-state index contributed by atoms with van der Waals surface area (Å²) in [5, 5.41) is 3.85. The van der Waals surface area contributed by atoms with Gasteiger partial charge in [0.05, 0.1) is 10.0 Å². The summed E-state index contributed by atoms with van der Waals surface area (Å²) in [6, 6.07) is 3.13. The molecule has 0 spiro atoms. The lowest BCUT2D eigenvalue weighted by Gasteiger charge is -2.10. The first kappa shape index (κ1) is 13.3. The van der Waals surface area contributed by atoms with Gasteiger partial charge in [-0.2, -0.15) is 8.78 Å². The molecule has 88 valence electrons. The third kappa shape index (κ3) is 2.50. The van der Waals surface area contributed by atoms with E-state index in [1.165, 1.54) is 0 Å². The predicted molar refractivity (Wildman–Crippen MR) is 55.5 cm³/mol. The van der Waals surface area contributed by atoms with Crippen LogP contribution in [0.15, 0.2) is 23.1 Å². The average molecular weight is 289 g/mol. The van der Waals surface area contributed by atoms with Gasteiger partial charge in [0.1, 0.15) is 10.8 Å². The largest absolute Gasteiger partial charge is 0.476 e. The number of hydrogen-bond donors (Lipinski definition) is 1. The van der Waals surface area contributed by atoms with Crippen LogP contribution in [0.2, 0.25) is 10.0 Å². The van der Waals surface area contributed by atoms with Crippen LogP contribution in [0.5, 0.6) is 0 Å². The van der Waals surface area contributed by atoms with Gasteiger partial charge in [-0.1, -0.05) is 23.2 Å². The second-order valence-electron chi connectivity index (χ2n) is 2.67. The molecule has 1 rings (SSSR count). The molecular weight excluding hydrogens is 285 g/mol. The number of aliphatic carboxylic acids is 1. The Balaban J connectivity index is 3.15. The summed E-state index contributed by atoms with van der Waals surface area (Å²) >= 11 is 11.1. The van der Waals surface area contributed by atoms with E-state index < -0.39 is 26.9 Å². The van der Waals surface area contributed by atoms with E-state index in [4.69, 9.17) is 28.3 Å². The van der Waals surface area contributed by atoms with Gasteiger partial charge < -0.3 is 5.11 Å². The van der Waals surface area contributed by atoms with Gasteiger partial charge in [0, 0.05) is 4.90 Å². The molecule has 1 N–H and O–H groups in total. The minimum atomic E-state index is -4.36. The second kappa shape index (κ2) is 4.65. The number of carbonyl (C=O) groups is 1. The molecule has 0 saturated heterocycles. The Hall–Kier alpha value is -0.720. The van der Waals surface area contributed by atoms with E-state index in [2.05, 4.69) is 0 Å². The van der Waals surface area contributed by atoms with Crippen molar-refractivity contribution in [1.29, 1.82) is 0 Å². The molecule has 0 radical (unpaired) electrons. The van der Waals surface area contributed by atoms with Crippen molar-refractivity contribution in [2.45, 2.75) is 10.2 Å². The van der Waals surface area contributed by atoms with Crippen LogP contribution in [0.3, 0.4) is 0 Å². The third-order valence-electron chi connectivity index (χ3n) is 1.59. The molecule has 0 heterocycles. The van der Waals surface area contributed by atoms with Crippen LogP contribution in [-0.2, 0) is 15.6 Å². The zero-order chi connectivity index (χ0) is 12.5. The number of carboxylic acids is 1. The fraction of sp³-hybridized carbons (Fsp3) is 0.125. The van der Waals surface area contributed by atoms with Crippen LogP contribution in [0.25, 0.3) is 0 Å². The molecule has 3 nitrogen and oxygen atoms in total. The number of benzene rings is 1. The zero-order valence-corrected chi connectivity index (χ0v) is 9.74. The number of alkyl halides is 2. The Bertz CT molecular complexity index is 465. The van der Waals surface area contributed by atoms with E-state index in [0.717, 1.165) is 18.2 Å². The van der Waals surface area contributed by atoms with Crippen LogP contribution in [-0.4, -0.2) is 20.5 Å². The van der Waals surface area contributed by atoms with Gasteiger partial charge in [0.15, 0.2) is 0 Å². The van der Waals surface area contributed by atoms with Crippen molar-refractivity contribution in [2.24, 2.45) is 0 Å². The van der Waals surface area contributed by atoms with E-state index in [1.807, 2.05) is 0 Å². The first-order chi connectivity index (χ1) is 7.26. The van der Waals surface area contributed by atoms with E-state index in [0.29, 0.717) is 0 Å². The highest BCUT2D eigenvalue weighted by atomic mass is 35.5. The molecule has 1 aromatic carbocycles. The SMILES string of the molecule is O=C(O)C(F)(F)S(=O)c1ccc(Cl)c(Cl)c1. The van der Waals surface area contributed by atoms with E-state index in [1.54, 1.807) is 0 Å². The number of rotatable bonds is 3. The molecule has 0 amide bonds. The topological polar surface area (TPSA) is 54.4 Å². The summed E-state index contributed by atoms with van der Waals surface area (Å²) < 4.78 is 37.0. The van der Waals surface area contributed by atoms with Gasteiger partial charge in [0.2, 0.25) is 0 Å². The van der Waals surface area contributed by atoms with Gasteiger partial charge in [-0.3, -0.25) is 0 Å². The summed E-state index contributed by atoms with van der Waals surface area (Å²) in [6.45, 7) is 0. The van der Waals surface area contributed by atoms with E-state index in [9.17, 15) is 17.8 Å². The maximum Gasteiger partial charge on any atom is 0.419 e. The van der Waals surface area contributed by atoms with Crippen LogP contribution in [0.4, 0.5) is 8.78 Å². The molecule has 0 aliphatic rings. The molecule has 0 fully saturated rings. The molecule has 0 saturated carbocycles. The Labute approximate surface area is 101 Å². The molecule has 1 unspecified atom stereocenters. The number of halogens is 4. The van der Waals surface area contributed by atoms with Crippen LogP contribution >= 0.6 is 23.2 Å². The summed E-state index contributed by atoms with van der Waals surface area (Å²) in [5.41, 5.74) is 0. The molecule has 8 heteroatoms. The summed E-state index contributed by atoms with van der Waals surface area (Å²) in [4.78, 5) is 9.78. The maximum absolute atomic E-state index is 12.9. The van der Waals surface area contributed by atoms with Gasteiger partial charge >= 0.3 is 11.2 Å². The van der Waals surface area contributed by atoms with E-state index >= 15 is 0 Å². The fourth-order valence-corrected chi connectivity index (χ4v) is 2.05. The molecule has 0 aliphatic heterocycles. The highest BCUT2D eigenvalue weighted by molar-refractivity contribution is 7.87.